The lowest BCUT2D eigenvalue weighted by molar-refractivity contribution is -0.119. The molecular weight excluding hydrogens is 451 g/mol. The van der Waals surface area contributed by atoms with Gasteiger partial charge in [-0.1, -0.05) is 53.5 Å². The molecule has 0 saturated carbocycles. The Bertz CT molecular complexity index is 952. The van der Waals surface area contributed by atoms with Crippen molar-refractivity contribution in [3.05, 3.63) is 63.6 Å². The quantitative estimate of drug-likeness (QED) is 0.514. The first-order valence-corrected chi connectivity index (χ1v) is 12.8. The van der Waals surface area contributed by atoms with Gasteiger partial charge in [-0.3, -0.25) is 9.10 Å². The molecule has 0 spiro atoms. The van der Waals surface area contributed by atoms with Crippen LogP contribution < -0.4 is 9.62 Å². The second kappa shape index (κ2) is 11.1. The molecule has 0 heterocycles. The van der Waals surface area contributed by atoms with E-state index in [0.29, 0.717) is 6.54 Å². The summed E-state index contributed by atoms with van der Waals surface area (Å²) < 4.78 is 25.3. The van der Waals surface area contributed by atoms with Gasteiger partial charge in [0.05, 0.1) is 22.0 Å². The summed E-state index contributed by atoms with van der Waals surface area (Å²) in [5.41, 5.74) is 2.77. The van der Waals surface area contributed by atoms with E-state index in [1.165, 1.54) is 17.2 Å². The largest absolute Gasteiger partial charge is 0.354 e. The van der Waals surface area contributed by atoms with E-state index in [9.17, 15) is 13.2 Å². The number of halogens is 2. The van der Waals surface area contributed by atoms with Crippen LogP contribution in [-0.2, 0) is 20.6 Å². The molecule has 9 heteroatoms. The van der Waals surface area contributed by atoms with Gasteiger partial charge in [0.2, 0.25) is 15.9 Å². The van der Waals surface area contributed by atoms with Gasteiger partial charge in [-0.15, -0.1) is 0 Å². The maximum absolute atomic E-state index is 12.3. The monoisotopic (exact) mass is 474 g/mol. The summed E-state index contributed by atoms with van der Waals surface area (Å²) in [5.74, 6) is 1.43. The van der Waals surface area contributed by atoms with Crippen LogP contribution in [0.3, 0.4) is 0 Å². The summed E-state index contributed by atoms with van der Waals surface area (Å²) in [4.78, 5) is 12.3. The Kier molecular flexibility index (Phi) is 9.14. The fourth-order valence-corrected chi connectivity index (χ4v) is 4.95. The van der Waals surface area contributed by atoms with Crippen LogP contribution in [0.15, 0.2) is 42.5 Å². The van der Waals surface area contributed by atoms with Gasteiger partial charge in [-0.25, -0.2) is 8.42 Å². The molecule has 29 heavy (non-hydrogen) atoms. The molecule has 0 aliphatic carbocycles. The third kappa shape index (κ3) is 7.41. The molecule has 2 rings (SSSR count). The minimum Gasteiger partial charge on any atom is -0.354 e. The smallest absolute Gasteiger partial charge is 0.240 e. The number of carbonyl (C=O) groups excluding carboxylic acids is 1. The highest BCUT2D eigenvalue weighted by Gasteiger charge is 2.23. The van der Waals surface area contributed by atoms with Crippen molar-refractivity contribution >= 4 is 56.6 Å². The zero-order valence-electron chi connectivity index (χ0n) is 16.3. The van der Waals surface area contributed by atoms with Gasteiger partial charge in [-0.05, 0) is 42.4 Å². The maximum atomic E-state index is 12.3. The van der Waals surface area contributed by atoms with E-state index in [2.05, 4.69) is 24.4 Å². The minimum absolute atomic E-state index is 0.0972. The number of nitrogens with zero attached hydrogens (tertiary/aromatic N) is 1. The molecule has 0 aliphatic rings. The summed E-state index contributed by atoms with van der Waals surface area (Å²) >= 11 is 13.9. The van der Waals surface area contributed by atoms with E-state index >= 15 is 0 Å². The van der Waals surface area contributed by atoms with Crippen LogP contribution in [0.2, 0.25) is 10.0 Å². The number of aryl methyl sites for hydroxylation is 1. The number of nitrogens with one attached hydrogen (secondary N) is 1. The Hall–Kier alpha value is -1.41. The summed E-state index contributed by atoms with van der Waals surface area (Å²) in [6, 6.07) is 12.9. The predicted octanol–water partition coefficient (Wildman–Crippen LogP) is 4.51. The van der Waals surface area contributed by atoms with Crippen LogP contribution in [0.1, 0.15) is 17.5 Å². The molecule has 1 amide bonds. The first kappa shape index (κ1) is 23.9. The van der Waals surface area contributed by atoms with Crippen LogP contribution in [0.4, 0.5) is 5.69 Å². The Morgan fingerprint density at radius 2 is 1.86 bits per heavy atom. The first-order chi connectivity index (χ1) is 13.7. The van der Waals surface area contributed by atoms with E-state index in [0.717, 1.165) is 28.5 Å². The minimum atomic E-state index is -3.70. The molecule has 0 radical (unpaired) electrons. The van der Waals surface area contributed by atoms with E-state index in [1.807, 2.05) is 12.1 Å². The molecule has 158 valence electrons. The molecule has 0 fully saturated rings. The third-order valence-corrected chi connectivity index (χ3v) is 7.22. The van der Waals surface area contributed by atoms with Gasteiger partial charge in [0.1, 0.15) is 6.54 Å². The normalized spacial score (nSPS) is 11.3. The number of anilines is 1. The molecule has 0 saturated heterocycles. The summed E-state index contributed by atoms with van der Waals surface area (Å²) in [6.45, 7) is 2.21. The third-order valence-electron chi connectivity index (χ3n) is 4.19. The van der Waals surface area contributed by atoms with Crippen LogP contribution >= 0.6 is 35.0 Å². The second-order valence-electron chi connectivity index (χ2n) is 6.53. The molecule has 0 aliphatic heterocycles. The van der Waals surface area contributed by atoms with Gasteiger partial charge >= 0.3 is 0 Å². The SMILES string of the molecule is Cc1ccccc1CSCCCNC(=O)CN(c1cccc(Cl)c1Cl)S(C)(=O)=O. The molecule has 0 unspecified atom stereocenters. The molecule has 0 bridgehead atoms. The number of rotatable bonds is 10. The first-order valence-electron chi connectivity index (χ1n) is 9.01. The fraction of sp³-hybridized carbons (Fsp3) is 0.350. The average Bonchev–Trinajstić information content (AvgIpc) is 2.65. The van der Waals surface area contributed by atoms with Crippen molar-refractivity contribution in [2.24, 2.45) is 0 Å². The summed E-state index contributed by atoms with van der Waals surface area (Å²) in [6.07, 6.45) is 1.82. The molecule has 2 aromatic carbocycles. The topological polar surface area (TPSA) is 66.5 Å². The average molecular weight is 475 g/mol. The van der Waals surface area contributed by atoms with Crippen molar-refractivity contribution in [3.63, 3.8) is 0 Å². The predicted molar refractivity (Wildman–Crippen MR) is 124 cm³/mol. The molecule has 1 N–H and O–H groups in total. The van der Waals surface area contributed by atoms with Crippen molar-refractivity contribution < 1.29 is 13.2 Å². The van der Waals surface area contributed by atoms with Crippen LogP contribution in [0.5, 0.6) is 0 Å². The lowest BCUT2D eigenvalue weighted by Crippen LogP contribution is -2.40. The van der Waals surface area contributed by atoms with Crippen LogP contribution in [-0.4, -0.2) is 39.4 Å². The second-order valence-corrected chi connectivity index (χ2v) is 10.3. The standard InChI is InChI=1S/C20H24Cl2N2O3S2/c1-15-7-3-4-8-16(15)14-28-12-6-11-23-19(25)13-24(29(2,26)27)18-10-5-9-17(21)20(18)22/h3-5,7-10H,6,11-14H2,1-2H3,(H,23,25). The molecule has 0 atom stereocenters. The van der Waals surface area contributed by atoms with Crippen LogP contribution in [0, 0.1) is 6.92 Å². The highest BCUT2D eigenvalue weighted by atomic mass is 35.5. The van der Waals surface area contributed by atoms with E-state index in [-0.39, 0.29) is 22.3 Å². The van der Waals surface area contributed by atoms with Gasteiger partial charge in [-0.2, -0.15) is 11.8 Å². The highest BCUT2D eigenvalue weighted by Crippen LogP contribution is 2.33. The Morgan fingerprint density at radius 3 is 2.55 bits per heavy atom. The lowest BCUT2D eigenvalue weighted by Gasteiger charge is -2.23. The zero-order valence-corrected chi connectivity index (χ0v) is 19.5. The van der Waals surface area contributed by atoms with Gasteiger partial charge in [0, 0.05) is 12.3 Å². The van der Waals surface area contributed by atoms with Crippen LogP contribution in [0.25, 0.3) is 0 Å². The molecular formula is C20H24Cl2N2O3S2. The number of sulfonamides is 1. The Balaban J connectivity index is 1.82. The highest BCUT2D eigenvalue weighted by molar-refractivity contribution is 7.98. The summed E-state index contributed by atoms with van der Waals surface area (Å²) in [5, 5.41) is 3.09. The van der Waals surface area contributed by atoms with Gasteiger partial charge in [0.25, 0.3) is 0 Å². The lowest BCUT2D eigenvalue weighted by atomic mass is 10.1. The number of benzene rings is 2. The van der Waals surface area contributed by atoms with E-state index < -0.39 is 15.9 Å². The Morgan fingerprint density at radius 1 is 1.14 bits per heavy atom. The number of amides is 1. The number of carbonyl (C=O) groups is 1. The van der Waals surface area contributed by atoms with Crippen molar-refractivity contribution in [1.29, 1.82) is 0 Å². The molecule has 5 nitrogen and oxygen atoms in total. The zero-order chi connectivity index (χ0) is 21.4. The molecule has 0 aromatic heterocycles. The summed E-state index contributed by atoms with van der Waals surface area (Å²) in [7, 11) is -3.70. The van der Waals surface area contributed by atoms with Gasteiger partial charge in [0.15, 0.2) is 0 Å². The van der Waals surface area contributed by atoms with E-state index in [1.54, 1.807) is 23.9 Å². The number of thioether (sulfide) groups is 1. The van der Waals surface area contributed by atoms with E-state index in [4.69, 9.17) is 23.2 Å². The van der Waals surface area contributed by atoms with Crippen molar-refractivity contribution in [1.82, 2.24) is 5.32 Å². The van der Waals surface area contributed by atoms with Crippen molar-refractivity contribution in [2.45, 2.75) is 19.1 Å². The Labute approximate surface area is 186 Å². The van der Waals surface area contributed by atoms with Crippen molar-refractivity contribution in [3.8, 4) is 0 Å². The maximum Gasteiger partial charge on any atom is 0.240 e. The fourth-order valence-electron chi connectivity index (χ4n) is 2.61. The van der Waals surface area contributed by atoms with Crippen molar-refractivity contribution in [2.75, 3.05) is 29.4 Å². The molecule has 2 aromatic rings. The van der Waals surface area contributed by atoms with Gasteiger partial charge < -0.3 is 5.32 Å². The number of hydrogen-bond donors (Lipinski definition) is 1. The number of hydrogen-bond acceptors (Lipinski definition) is 4.